The standard InChI is InChI=1S/C16H16Cl2N2O3S/c17-14-2-1-3-15(18)13(14)10-16(21)20-9-8-11-4-6-12(7-5-11)24(19,22)23/h1-7H,8-10H2,(H,20,21)(H2,19,22,23). The molecule has 2 rings (SSSR count). The largest absolute Gasteiger partial charge is 0.355 e. The summed E-state index contributed by atoms with van der Waals surface area (Å²) in [6, 6.07) is 11.3. The molecule has 0 aromatic heterocycles. The van der Waals surface area contributed by atoms with E-state index in [2.05, 4.69) is 5.32 Å². The van der Waals surface area contributed by atoms with Crippen molar-refractivity contribution in [1.29, 1.82) is 0 Å². The molecule has 0 atom stereocenters. The lowest BCUT2D eigenvalue weighted by Crippen LogP contribution is -2.27. The smallest absolute Gasteiger partial charge is 0.238 e. The van der Waals surface area contributed by atoms with Gasteiger partial charge in [-0.05, 0) is 41.8 Å². The van der Waals surface area contributed by atoms with E-state index in [4.69, 9.17) is 28.3 Å². The van der Waals surface area contributed by atoms with E-state index in [1.165, 1.54) is 12.1 Å². The van der Waals surface area contributed by atoms with Gasteiger partial charge in [-0.1, -0.05) is 41.4 Å². The summed E-state index contributed by atoms with van der Waals surface area (Å²) in [4.78, 5) is 12.0. The van der Waals surface area contributed by atoms with Crippen molar-refractivity contribution in [2.24, 2.45) is 5.14 Å². The molecule has 5 nitrogen and oxygen atoms in total. The van der Waals surface area contributed by atoms with Gasteiger partial charge in [-0.2, -0.15) is 0 Å². The Labute approximate surface area is 150 Å². The van der Waals surface area contributed by atoms with Crippen LogP contribution >= 0.6 is 23.2 Å². The third-order valence-electron chi connectivity index (χ3n) is 3.39. The Bertz CT molecular complexity index is 817. The molecule has 0 fully saturated rings. The minimum atomic E-state index is -3.69. The van der Waals surface area contributed by atoms with Crippen LogP contribution in [0.5, 0.6) is 0 Å². The molecule has 3 N–H and O–H groups in total. The van der Waals surface area contributed by atoms with Crippen LogP contribution in [0.4, 0.5) is 0 Å². The molecule has 0 spiro atoms. The van der Waals surface area contributed by atoms with Crippen LogP contribution in [0.2, 0.25) is 10.0 Å². The maximum absolute atomic E-state index is 12.0. The van der Waals surface area contributed by atoms with E-state index in [-0.39, 0.29) is 17.2 Å². The van der Waals surface area contributed by atoms with Crippen LogP contribution in [0.25, 0.3) is 0 Å². The molecule has 0 radical (unpaired) electrons. The lowest BCUT2D eigenvalue weighted by molar-refractivity contribution is -0.120. The van der Waals surface area contributed by atoms with Gasteiger partial charge in [0.25, 0.3) is 0 Å². The van der Waals surface area contributed by atoms with Gasteiger partial charge >= 0.3 is 0 Å². The van der Waals surface area contributed by atoms with Gasteiger partial charge in [0.2, 0.25) is 15.9 Å². The average Bonchev–Trinajstić information content (AvgIpc) is 2.51. The van der Waals surface area contributed by atoms with Crippen LogP contribution in [0, 0.1) is 0 Å². The third kappa shape index (κ3) is 5.21. The summed E-state index contributed by atoms with van der Waals surface area (Å²) in [5.41, 5.74) is 1.48. The van der Waals surface area contributed by atoms with Crippen molar-refractivity contribution in [3.05, 3.63) is 63.6 Å². The predicted octanol–water partition coefficient (Wildman–Crippen LogP) is 2.54. The van der Waals surface area contributed by atoms with Crippen molar-refractivity contribution < 1.29 is 13.2 Å². The zero-order valence-corrected chi connectivity index (χ0v) is 15.0. The minimum absolute atomic E-state index is 0.0589. The van der Waals surface area contributed by atoms with E-state index in [0.717, 1.165) is 5.56 Å². The van der Waals surface area contributed by atoms with Crippen LogP contribution in [0.3, 0.4) is 0 Å². The fourth-order valence-corrected chi connectivity index (χ4v) is 3.16. The molecule has 24 heavy (non-hydrogen) atoms. The molecule has 0 bridgehead atoms. The van der Waals surface area contributed by atoms with Gasteiger partial charge in [0, 0.05) is 16.6 Å². The lowest BCUT2D eigenvalue weighted by atomic mass is 10.1. The zero-order chi connectivity index (χ0) is 17.7. The molecule has 128 valence electrons. The number of nitrogens with one attached hydrogen (secondary N) is 1. The molecular weight excluding hydrogens is 371 g/mol. The van der Waals surface area contributed by atoms with E-state index >= 15 is 0 Å². The Morgan fingerprint density at radius 1 is 1.04 bits per heavy atom. The average molecular weight is 387 g/mol. The fourth-order valence-electron chi connectivity index (χ4n) is 2.12. The van der Waals surface area contributed by atoms with Gasteiger partial charge in [-0.25, -0.2) is 13.6 Å². The number of rotatable bonds is 6. The summed E-state index contributed by atoms with van der Waals surface area (Å²) in [7, 11) is -3.69. The number of halogens is 2. The van der Waals surface area contributed by atoms with Gasteiger partial charge in [0.15, 0.2) is 0 Å². The molecule has 0 saturated carbocycles. The van der Waals surface area contributed by atoms with E-state index in [0.29, 0.717) is 28.6 Å². The number of carbonyl (C=O) groups excluding carboxylic acids is 1. The summed E-state index contributed by atoms with van der Waals surface area (Å²) in [6.45, 7) is 0.412. The van der Waals surface area contributed by atoms with E-state index in [1.54, 1.807) is 30.3 Å². The van der Waals surface area contributed by atoms with Crippen LogP contribution < -0.4 is 10.5 Å². The maximum Gasteiger partial charge on any atom is 0.238 e. The molecule has 0 aliphatic carbocycles. The second kappa shape index (κ2) is 7.98. The molecule has 1 amide bonds. The molecule has 0 unspecified atom stereocenters. The molecule has 0 heterocycles. The monoisotopic (exact) mass is 386 g/mol. The molecule has 2 aromatic carbocycles. The van der Waals surface area contributed by atoms with E-state index in [1.807, 2.05) is 0 Å². The van der Waals surface area contributed by atoms with Gasteiger partial charge in [-0.15, -0.1) is 0 Å². The number of nitrogens with two attached hydrogens (primary N) is 1. The first kappa shape index (κ1) is 18.7. The van der Waals surface area contributed by atoms with Crippen LogP contribution in [-0.2, 0) is 27.7 Å². The fraction of sp³-hybridized carbons (Fsp3) is 0.188. The second-order valence-electron chi connectivity index (χ2n) is 5.17. The van der Waals surface area contributed by atoms with Crippen molar-refractivity contribution in [3.8, 4) is 0 Å². The topological polar surface area (TPSA) is 89.3 Å². The first-order valence-corrected chi connectivity index (χ1v) is 9.39. The molecular formula is C16H16Cl2N2O3S. The highest BCUT2D eigenvalue weighted by atomic mass is 35.5. The number of primary sulfonamides is 1. The van der Waals surface area contributed by atoms with Gasteiger partial charge in [-0.3, -0.25) is 4.79 Å². The van der Waals surface area contributed by atoms with Crippen molar-refractivity contribution in [2.75, 3.05) is 6.54 Å². The SMILES string of the molecule is NS(=O)(=O)c1ccc(CCNC(=O)Cc2c(Cl)cccc2Cl)cc1. The third-order valence-corrected chi connectivity index (χ3v) is 5.02. The normalized spacial score (nSPS) is 11.3. The zero-order valence-electron chi connectivity index (χ0n) is 12.6. The Hall–Kier alpha value is -1.60. The van der Waals surface area contributed by atoms with Crippen LogP contribution in [-0.4, -0.2) is 20.9 Å². The first-order valence-electron chi connectivity index (χ1n) is 7.08. The van der Waals surface area contributed by atoms with Crippen molar-refractivity contribution in [2.45, 2.75) is 17.7 Å². The molecule has 2 aromatic rings. The number of amides is 1. The number of benzene rings is 2. The van der Waals surface area contributed by atoms with E-state index in [9.17, 15) is 13.2 Å². The highest BCUT2D eigenvalue weighted by Gasteiger charge is 2.11. The summed E-state index contributed by atoms with van der Waals surface area (Å²) in [5, 5.41) is 8.73. The van der Waals surface area contributed by atoms with Crippen molar-refractivity contribution >= 4 is 39.1 Å². The van der Waals surface area contributed by atoms with E-state index < -0.39 is 10.0 Å². The molecule has 0 aliphatic rings. The Kier molecular flexibility index (Phi) is 6.23. The lowest BCUT2D eigenvalue weighted by Gasteiger charge is -2.08. The second-order valence-corrected chi connectivity index (χ2v) is 7.54. The summed E-state index contributed by atoms with van der Waals surface area (Å²) >= 11 is 12.1. The number of sulfonamides is 1. The summed E-state index contributed by atoms with van der Waals surface area (Å²) in [5.74, 6) is -0.189. The van der Waals surface area contributed by atoms with Crippen LogP contribution in [0.15, 0.2) is 47.4 Å². The number of carbonyl (C=O) groups is 1. The molecule has 8 heteroatoms. The minimum Gasteiger partial charge on any atom is -0.355 e. The quantitative estimate of drug-likeness (QED) is 0.798. The van der Waals surface area contributed by atoms with Gasteiger partial charge in [0.1, 0.15) is 0 Å². The maximum atomic E-state index is 12.0. The van der Waals surface area contributed by atoms with Crippen molar-refractivity contribution in [3.63, 3.8) is 0 Å². The van der Waals surface area contributed by atoms with Crippen molar-refractivity contribution in [1.82, 2.24) is 5.32 Å². The Balaban J connectivity index is 1.87. The summed E-state index contributed by atoms with van der Waals surface area (Å²) < 4.78 is 22.4. The highest BCUT2D eigenvalue weighted by Crippen LogP contribution is 2.24. The van der Waals surface area contributed by atoms with Gasteiger partial charge < -0.3 is 5.32 Å². The molecule has 0 aliphatic heterocycles. The predicted molar refractivity (Wildman–Crippen MR) is 94.7 cm³/mol. The molecule has 0 saturated heterocycles. The number of hydrogen-bond acceptors (Lipinski definition) is 3. The Morgan fingerprint density at radius 3 is 2.17 bits per heavy atom. The highest BCUT2D eigenvalue weighted by molar-refractivity contribution is 7.89. The first-order chi connectivity index (χ1) is 11.3. The summed E-state index contributed by atoms with van der Waals surface area (Å²) in [6.07, 6.45) is 0.662. The van der Waals surface area contributed by atoms with Gasteiger partial charge in [0.05, 0.1) is 11.3 Å². The van der Waals surface area contributed by atoms with Crippen LogP contribution in [0.1, 0.15) is 11.1 Å². The number of hydrogen-bond donors (Lipinski definition) is 2. The Morgan fingerprint density at radius 2 is 1.62 bits per heavy atom.